The molecule has 0 aliphatic rings. The van der Waals surface area contributed by atoms with E-state index in [9.17, 15) is 5.11 Å². The van der Waals surface area contributed by atoms with Crippen molar-refractivity contribution < 1.29 is 9.84 Å². The molecule has 1 N–H and O–H groups in total. The van der Waals surface area contributed by atoms with E-state index in [2.05, 4.69) is 29.2 Å². The van der Waals surface area contributed by atoms with Crippen molar-refractivity contribution in [1.29, 1.82) is 0 Å². The van der Waals surface area contributed by atoms with Gasteiger partial charge in [-0.05, 0) is 36.8 Å². The molecule has 0 bridgehead atoms. The Balaban J connectivity index is 1.73. The van der Waals surface area contributed by atoms with Gasteiger partial charge in [-0.3, -0.25) is 0 Å². The maximum atomic E-state index is 10.0. The van der Waals surface area contributed by atoms with Gasteiger partial charge in [-0.15, -0.1) is 0 Å². The molecule has 3 heteroatoms. The molecule has 1 aromatic heterocycles. The second kappa shape index (κ2) is 7.65. The number of rotatable bonds is 7. The summed E-state index contributed by atoms with van der Waals surface area (Å²) in [6.45, 7) is 0. The van der Waals surface area contributed by atoms with Gasteiger partial charge in [-0.2, -0.15) is 0 Å². The first kappa shape index (κ1) is 14.5. The highest BCUT2D eigenvalue weighted by Crippen LogP contribution is 2.12. The largest absolute Gasteiger partial charge is 0.481 e. The van der Waals surface area contributed by atoms with Gasteiger partial charge in [0.2, 0.25) is 5.88 Å². The normalized spacial score (nSPS) is 12.1. The molecule has 0 radical (unpaired) electrons. The third-order valence-electron chi connectivity index (χ3n) is 3.32. The van der Waals surface area contributed by atoms with E-state index in [1.165, 1.54) is 5.56 Å². The van der Waals surface area contributed by atoms with Gasteiger partial charge >= 0.3 is 0 Å². The van der Waals surface area contributed by atoms with Gasteiger partial charge in [0.25, 0.3) is 0 Å². The number of aryl methyl sites for hydroxylation is 1. The molecule has 1 atom stereocenters. The second-order valence-electron chi connectivity index (χ2n) is 4.94. The van der Waals surface area contributed by atoms with E-state index in [1.54, 1.807) is 13.3 Å². The van der Waals surface area contributed by atoms with E-state index in [0.717, 1.165) is 24.8 Å². The first-order valence-electron chi connectivity index (χ1n) is 6.99. The first-order chi connectivity index (χ1) is 9.78. The van der Waals surface area contributed by atoms with E-state index in [4.69, 9.17) is 4.74 Å². The zero-order chi connectivity index (χ0) is 14.2. The molecule has 0 saturated carbocycles. The van der Waals surface area contributed by atoms with Crippen LogP contribution >= 0.6 is 0 Å². The van der Waals surface area contributed by atoms with E-state index >= 15 is 0 Å². The van der Waals surface area contributed by atoms with Crippen molar-refractivity contribution >= 4 is 0 Å². The van der Waals surface area contributed by atoms with E-state index in [-0.39, 0.29) is 6.10 Å². The lowest BCUT2D eigenvalue weighted by Gasteiger charge is -2.10. The third kappa shape index (κ3) is 4.67. The molecule has 0 saturated heterocycles. The molecule has 106 valence electrons. The van der Waals surface area contributed by atoms with Gasteiger partial charge in [0.15, 0.2) is 0 Å². The maximum absolute atomic E-state index is 10.0. The predicted octanol–water partition coefficient (Wildman–Crippen LogP) is 3.02. The summed E-state index contributed by atoms with van der Waals surface area (Å²) >= 11 is 0. The minimum Gasteiger partial charge on any atom is -0.481 e. The van der Waals surface area contributed by atoms with Crippen LogP contribution in [-0.2, 0) is 12.8 Å². The minimum absolute atomic E-state index is 0.311. The lowest BCUT2D eigenvalue weighted by molar-refractivity contribution is 0.162. The number of hydrogen-bond donors (Lipinski definition) is 1. The Labute approximate surface area is 120 Å². The zero-order valence-electron chi connectivity index (χ0n) is 11.8. The number of aromatic nitrogens is 1. The number of aliphatic hydroxyl groups excluding tert-OH is 1. The van der Waals surface area contributed by atoms with Crippen molar-refractivity contribution in [2.45, 2.75) is 31.8 Å². The second-order valence-corrected chi connectivity index (χ2v) is 4.94. The third-order valence-corrected chi connectivity index (χ3v) is 3.32. The van der Waals surface area contributed by atoms with Crippen LogP contribution in [0.25, 0.3) is 0 Å². The van der Waals surface area contributed by atoms with Crippen LogP contribution in [0.1, 0.15) is 24.0 Å². The Morgan fingerprint density at radius 2 is 1.90 bits per heavy atom. The Bertz CT molecular complexity index is 496. The Kier molecular flexibility index (Phi) is 5.56. The van der Waals surface area contributed by atoms with Gasteiger partial charge in [0.05, 0.1) is 13.2 Å². The zero-order valence-corrected chi connectivity index (χ0v) is 11.8. The lowest BCUT2D eigenvalue weighted by atomic mass is 10.0. The molecule has 1 unspecified atom stereocenters. The quantitative estimate of drug-likeness (QED) is 0.841. The van der Waals surface area contributed by atoms with Crippen molar-refractivity contribution in [2.75, 3.05) is 7.11 Å². The van der Waals surface area contributed by atoms with Gasteiger partial charge in [0, 0.05) is 12.3 Å². The first-order valence-corrected chi connectivity index (χ1v) is 6.99. The molecule has 1 aromatic carbocycles. The monoisotopic (exact) mass is 271 g/mol. The molecular weight excluding hydrogens is 250 g/mol. The summed E-state index contributed by atoms with van der Waals surface area (Å²) in [5, 5.41) is 10.0. The molecule has 0 aliphatic heterocycles. The van der Waals surface area contributed by atoms with E-state index in [0.29, 0.717) is 12.3 Å². The SMILES string of the molecule is COc1ccc(CC(O)CCCc2ccccc2)cn1. The topological polar surface area (TPSA) is 42.4 Å². The summed E-state index contributed by atoms with van der Waals surface area (Å²) in [5.74, 6) is 0.604. The van der Waals surface area contributed by atoms with Crippen LogP contribution in [0.5, 0.6) is 5.88 Å². The lowest BCUT2D eigenvalue weighted by Crippen LogP contribution is -2.11. The van der Waals surface area contributed by atoms with Gasteiger partial charge < -0.3 is 9.84 Å². The number of nitrogens with zero attached hydrogens (tertiary/aromatic N) is 1. The number of benzene rings is 1. The fourth-order valence-electron chi connectivity index (χ4n) is 2.21. The summed E-state index contributed by atoms with van der Waals surface area (Å²) in [7, 11) is 1.60. The highest BCUT2D eigenvalue weighted by Gasteiger charge is 2.06. The van der Waals surface area contributed by atoms with E-state index in [1.807, 2.05) is 18.2 Å². The highest BCUT2D eigenvalue weighted by molar-refractivity contribution is 5.18. The van der Waals surface area contributed by atoms with Crippen molar-refractivity contribution in [3.63, 3.8) is 0 Å². The number of methoxy groups -OCH3 is 1. The number of aliphatic hydroxyl groups is 1. The van der Waals surface area contributed by atoms with Crippen LogP contribution in [0.4, 0.5) is 0 Å². The summed E-state index contributed by atoms with van der Waals surface area (Å²) < 4.78 is 5.01. The molecule has 0 fully saturated rings. The molecule has 0 amide bonds. The van der Waals surface area contributed by atoms with Crippen LogP contribution in [0, 0.1) is 0 Å². The average molecular weight is 271 g/mol. The molecule has 0 aliphatic carbocycles. The molecule has 2 rings (SSSR count). The van der Waals surface area contributed by atoms with Gasteiger partial charge in [0.1, 0.15) is 0 Å². The molecule has 2 aromatic rings. The van der Waals surface area contributed by atoms with E-state index < -0.39 is 0 Å². The minimum atomic E-state index is -0.311. The van der Waals surface area contributed by atoms with Crippen LogP contribution in [0.15, 0.2) is 48.7 Å². The number of ether oxygens (including phenoxy) is 1. The summed E-state index contributed by atoms with van der Waals surface area (Å²) in [4.78, 5) is 4.14. The van der Waals surface area contributed by atoms with Gasteiger partial charge in [-0.25, -0.2) is 4.98 Å². The predicted molar refractivity (Wildman–Crippen MR) is 79.9 cm³/mol. The molecule has 0 spiro atoms. The van der Waals surface area contributed by atoms with Crippen LogP contribution in [0.3, 0.4) is 0 Å². The van der Waals surface area contributed by atoms with Crippen molar-refractivity contribution in [1.82, 2.24) is 4.98 Å². The average Bonchev–Trinajstić information content (AvgIpc) is 2.49. The number of hydrogen-bond acceptors (Lipinski definition) is 3. The Morgan fingerprint density at radius 3 is 2.55 bits per heavy atom. The summed E-state index contributed by atoms with van der Waals surface area (Å²) in [5.41, 5.74) is 2.36. The summed E-state index contributed by atoms with van der Waals surface area (Å²) in [6.07, 6.45) is 4.91. The Morgan fingerprint density at radius 1 is 1.10 bits per heavy atom. The molecule has 20 heavy (non-hydrogen) atoms. The fourth-order valence-corrected chi connectivity index (χ4v) is 2.21. The van der Waals surface area contributed by atoms with Crippen LogP contribution in [-0.4, -0.2) is 23.3 Å². The van der Waals surface area contributed by atoms with Crippen molar-refractivity contribution in [3.8, 4) is 5.88 Å². The maximum Gasteiger partial charge on any atom is 0.212 e. The fraction of sp³-hybridized carbons (Fsp3) is 0.353. The standard InChI is InChI=1S/C17H21NO2/c1-20-17-11-10-15(13-18-17)12-16(19)9-5-8-14-6-3-2-4-7-14/h2-4,6-7,10-11,13,16,19H,5,8-9,12H2,1H3. The van der Waals surface area contributed by atoms with Crippen molar-refractivity contribution in [2.24, 2.45) is 0 Å². The molecule has 1 heterocycles. The highest BCUT2D eigenvalue weighted by atomic mass is 16.5. The van der Waals surface area contributed by atoms with Crippen LogP contribution < -0.4 is 4.74 Å². The van der Waals surface area contributed by atoms with Crippen molar-refractivity contribution in [3.05, 3.63) is 59.8 Å². The van der Waals surface area contributed by atoms with Crippen LogP contribution in [0.2, 0.25) is 0 Å². The summed E-state index contributed by atoms with van der Waals surface area (Å²) in [6, 6.07) is 14.1. The molecular formula is C17H21NO2. The molecule has 3 nitrogen and oxygen atoms in total. The smallest absolute Gasteiger partial charge is 0.212 e. The number of pyridine rings is 1. The van der Waals surface area contributed by atoms with Gasteiger partial charge in [-0.1, -0.05) is 36.4 Å². The Hall–Kier alpha value is -1.87.